The fourth-order valence-corrected chi connectivity index (χ4v) is 2.60. The van der Waals surface area contributed by atoms with Crippen LogP contribution in [0.25, 0.3) is 27.6 Å². The number of para-hydroxylation sites is 1. The molecular formula is C17H11N3O2. The molecule has 2 aromatic carbocycles. The summed E-state index contributed by atoms with van der Waals surface area (Å²) >= 11 is 0. The van der Waals surface area contributed by atoms with E-state index in [-0.39, 0.29) is 5.56 Å². The first-order valence-corrected chi connectivity index (χ1v) is 6.78. The Morgan fingerprint density at radius 2 is 1.82 bits per heavy atom. The summed E-state index contributed by atoms with van der Waals surface area (Å²) in [4.78, 5) is 20.0. The van der Waals surface area contributed by atoms with Crippen molar-refractivity contribution in [3.8, 4) is 5.82 Å². The van der Waals surface area contributed by atoms with Crippen molar-refractivity contribution < 1.29 is 9.90 Å². The van der Waals surface area contributed by atoms with Crippen LogP contribution in [0.15, 0.2) is 61.1 Å². The van der Waals surface area contributed by atoms with Crippen LogP contribution in [0.1, 0.15) is 10.4 Å². The molecule has 0 aliphatic heterocycles. The summed E-state index contributed by atoms with van der Waals surface area (Å²) in [7, 11) is 0. The normalized spacial score (nSPS) is 11.1. The van der Waals surface area contributed by atoms with Gasteiger partial charge in [0.15, 0.2) is 0 Å². The summed E-state index contributed by atoms with van der Waals surface area (Å²) in [5.41, 5.74) is 1.38. The third kappa shape index (κ3) is 1.83. The van der Waals surface area contributed by atoms with E-state index in [0.29, 0.717) is 11.3 Å². The summed E-state index contributed by atoms with van der Waals surface area (Å²) in [5.74, 6) is -0.272. The van der Waals surface area contributed by atoms with Gasteiger partial charge in [-0.15, -0.1) is 0 Å². The first kappa shape index (κ1) is 12.5. The molecule has 4 rings (SSSR count). The molecule has 0 unspecified atom stereocenters. The van der Waals surface area contributed by atoms with Crippen molar-refractivity contribution in [3.63, 3.8) is 0 Å². The van der Waals surface area contributed by atoms with Crippen molar-refractivity contribution in [3.05, 3.63) is 66.6 Å². The topological polar surface area (TPSA) is 68.0 Å². The van der Waals surface area contributed by atoms with Gasteiger partial charge in [-0.3, -0.25) is 4.57 Å². The first-order valence-electron chi connectivity index (χ1n) is 6.78. The number of carboxylic acids is 1. The van der Waals surface area contributed by atoms with Gasteiger partial charge in [-0.2, -0.15) is 0 Å². The molecule has 5 heteroatoms. The molecule has 0 fully saturated rings. The number of pyridine rings is 1. The summed E-state index contributed by atoms with van der Waals surface area (Å²) in [6, 6.07) is 15.0. The van der Waals surface area contributed by atoms with Gasteiger partial charge in [-0.25, -0.2) is 14.8 Å². The van der Waals surface area contributed by atoms with Crippen molar-refractivity contribution in [2.24, 2.45) is 0 Å². The minimum Gasteiger partial charge on any atom is -0.478 e. The Bertz CT molecular complexity index is 1020. The second-order valence-electron chi connectivity index (χ2n) is 4.98. The molecule has 0 bridgehead atoms. The Kier molecular flexibility index (Phi) is 2.66. The molecule has 2 aromatic heterocycles. The van der Waals surface area contributed by atoms with Gasteiger partial charge < -0.3 is 5.11 Å². The number of imidazole rings is 1. The van der Waals surface area contributed by atoms with Gasteiger partial charge in [0.05, 0.1) is 11.1 Å². The average Bonchev–Trinajstić information content (AvgIpc) is 2.98. The second-order valence-corrected chi connectivity index (χ2v) is 4.98. The lowest BCUT2D eigenvalue weighted by molar-refractivity contribution is 0.0699. The number of carboxylic acid groups (broad SMARTS) is 1. The number of nitrogens with zero attached hydrogens (tertiary/aromatic N) is 3. The van der Waals surface area contributed by atoms with E-state index < -0.39 is 5.97 Å². The van der Waals surface area contributed by atoms with Crippen molar-refractivity contribution in [1.82, 2.24) is 14.5 Å². The zero-order chi connectivity index (χ0) is 15.1. The van der Waals surface area contributed by atoms with Gasteiger partial charge in [0.1, 0.15) is 17.7 Å². The van der Waals surface area contributed by atoms with E-state index in [9.17, 15) is 9.90 Å². The highest BCUT2D eigenvalue weighted by molar-refractivity contribution is 6.01. The van der Waals surface area contributed by atoms with Crippen molar-refractivity contribution >= 4 is 27.8 Å². The van der Waals surface area contributed by atoms with E-state index in [1.54, 1.807) is 29.2 Å². The van der Waals surface area contributed by atoms with Crippen LogP contribution in [0.3, 0.4) is 0 Å². The van der Waals surface area contributed by atoms with Crippen LogP contribution >= 0.6 is 0 Å². The Labute approximate surface area is 125 Å². The molecule has 106 valence electrons. The zero-order valence-corrected chi connectivity index (χ0v) is 11.5. The molecule has 0 saturated heterocycles. The quantitative estimate of drug-likeness (QED) is 0.615. The van der Waals surface area contributed by atoms with E-state index >= 15 is 0 Å². The lowest BCUT2D eigenvalue weighted by Gasteiger charge is -2.05. The van der Waals surface area contributed by atoms with Gasteiger partial charge in [-0.1, -0.05) is 30.3 Å². The third-order valence-electron chi connectivity index (χ3n) is 3.67. The Morgan fingerprint density at radius 3 is 2.64 bits per heavy atom. The molecule has 0 amide bonds. The number of aromatic carboxylic acids is 1. The predicted octanol–water partition coefficient (Wildman–Crippen LogP) is 3.27. The predicted molar refractivity (Wildman–Crippen MR) is 83.3 cm³/mol. The van der Waals surface area contributed by atoms with Gasteiger partial charge in [0.2, 0.25) is 0 Å². The number of rotatable bonds is 2. The van der Waals surface area contributed by atoms with Crippen molar-refractivity contribution in [2.45, 2.75) is 0 Å². The molecule has 2 heterocycles. The molecule has 22 heavy (non-hydrogen) atoms. The molecule has 5 nitrogen and oxygen atoms in total. The molecular weight excluding hydrogens is 278 g/mol. The molecule has 4 aromatic rings. The highest BCUT2D eigenvalue weighted by Gasteiger charge is 2.13. The maximum atomic E-state index is 11.3. The maximum Gasteiger partial charge on any atom is 0.337 e. The van der Waals surface area contributed by atoms with Crippen LogP contribution in [0.2, 0.25) is 0 Å². The number of aromatic nitrogens is 3. The molecule has 1 N–H and O–H groups in total. The monoisotopic (exact) mass is 289 g/mol. The second kappa shape index (κ2) is 4.66. The smallest absolute Gasteiger partial charge is 0.337 e. The van der Waals surface area contributed by atoms with Crippen LogP contribution in [0.5, 0.6) is 0 Å². The Balaban J connectivity index is 1.96. The van der Waals surface area contributed by atoms with Crippen LogP contribution in [0, 0.1) is 0 Å². The summed E-state index contributed by atoms with van der Waals surface area (Å²) in [5, 5.41) is 11.4. The summed E-state index contributed by atoms with van der Waals surface area (Å²) in [6.07, 6.45) is 3.41. The number of hydrogen-bond acceptors (Lipinski definition) is 3. The van der Waals surface area contributed by atoms with Crippen LogP contribution in [-0.2, 0) is 0 Å². The molecule has 0 aliphatic carbocycles. The van der Waals surface area contributed by atoms with Gasteiger partial charge in [0.25, 0.3) is 0 Å². The Morgan fingerprint density at radius 1 is 1.00 bits per heavy atom. The van der Waals surface area contributed by atoms with Crippen molar-refractivity contribution in [2.75, 3.05) is 0 Å². The van der Waals surface area contributed by atoms with Crippen LogP contribution in [0.4, 0.5) is 0 Å². The Hall–Kier alpha value is -3.21. The fourth-order valence-electron chi connectivity index (χ4n) is 2.60. The molecule has 0 spiro atoms. The zero-order valence-electron chi connectivity index (χ0n) is 11.5. The number of carbonyl (C=O) groups is 1. The largest absolute Gasteiger partial charge is 0.478 e. The minimum atomic E-state index is -0.984. The standard InChI is InChI=1S/C17H11N3O2/c21-17(22)13-6-3-7-14-16(13)19-10-20(14)15-8-11-4-1-2-5-12(11)9-18-15/h1-10H,(H,21,22). The molecule has 0 atom stereocenters. The molecule has 0 aliphatic rings. The third-order valence-corrected chi connectivity index (χ3v) is 3.67. The van der Waals surface area contributed by atoms with Gasteiger partial charge in [0, 0.05) is 11.6 Å². The van der Waals surface area contributed by atoms with E-state index in [4.69, 9.17) is 0 Å². The van der Waals surface area contributed by atoms with Gasteiger partial charge >= 0.3 is 5.97 Å². The first-order chi connectivity index (χ1) is 10.7. The van der Waals surface area contributed by atoms with Crippen molar-refractivity contribution in [1.29, 1.82) is 0 Å². The number of benzene rings is 2. The lowest BCUT2D eigenvalue weighted by Crippen LogP contribution is -1.98. The number of hydrogen-bond donors (Lipinski definition) is 1. The van der Waals surface area contributed by atoms with E-state index in [1.807, 2.05) is 36.4 Å². The van der Waals surface area contributed by atoms with Gasteiger partial charge in [-0.05, 0) is 23.6 Å². The number of fused-ring (bicyclic) bond motifs is 2. The molecule has 0 radical (unpaired) electrons. The van der Waals surface area contributed by atoms with E-state index in [0.717, 1.165) is 16.3 Å². The summed E-state index contributed by atoms with van der Waals surface area (Å²) in [6.45, 7) is 0. The average molecular weight is 289 g/mol. The SMILES string of the molecule is O=C(O)c1cccc2c1ncn2-c1cc2ccccc2cn1. The van der Waals surface area contributed by atoms with Crippen LogP contribution < -0.4 is 0 Å². The van der Waals surface area contributed by atoms with E-state index in [2.05, 4.69) is 9.97 Å². The summed E-state index contributed by atoms with van der Waals surface area (Å²) < 4.78 is 1.80. The highest BCUT2D eigenvalue weighted by Crippen LogP contribution is 2.22. The van der Waals surface area contributed by atoms with Crippen LogP contribution in [-0.4, -0.2) is 25.6 Å². The minimum absolute atomic E-state index is 0.192. The van der Waals surface area contributed by atoms with E-state index in [1.165, 1.54) is 0 Å². The maximum absolute atomic E-state index is 11.3. The molecule has 0 saturated carbocycles. The lowest BCUT2D eigenvalue weighted by atomic mass is 10.1. The fraction of sp³-hybridized carbons (Fsp3) is 0. The highest BCUT2D eigenvalue weighted by atomic mass is 16.4.